The average molecular weight is 238 g/mol. The van der Waals surface area contributed by atoms with Crippen LogP contribution in [0.1, 0.15) is 10.4 Å². The Morgan fingerprint density at radius 2 is 1.94 bits per heavy atom. The van der Waals surface area contributed by atoms with Crippen molar-refractivity contribution in [2.24, 2.45) is 0 Å². The molecule has 0 bridgehead atoms. The molecule has 0 saturated heterocycles. The van der Waals surface area contributed by atoms with E-state index in [9.17, 15) is 4.79 Å². The van der Waals surface area contributed by atoms with Gasteiger partial charge in [-0.05, 0) is 24.3 Å². The summed E-state index contributed by atoms with van der Waals surface area (Å²) in [5.41, 5.74) is 2.73. The minimum Gasteiger partial charge on any atom is -0.443 e. The van der Waals surface area contributed by atoms with Gasteiger partial charge < -0.3 is 9.73 Å². The number of oxazole rings is 1. The molecule has 0 saturated carbocycles. The number of hydrogen-bond donors (Lipinski definition) is 1. The fourth-order valence-electron chi connectivity index (χ4n) is 1.73. The Morgan fingerprint density at radius 1 is 1.11 bits per heavy atom. The standard InChI is InChI=1S/C14H10N2O2/c17-14(10-4-2-1-3-5-10)16-11-6-7-12-13(8-11)18-9-15-12/h1-9H,(H,16,17). The van der Waals surface area contributed by atoms with E-state index in [0.29, 0.717) is 16.8 Å². The van der Waals surface area contributed by atoms with E-state index < -0.39 is 0 Å². The third kappa shape index (κ3) is 1.96. The summed E-state index contributed by atoms with van der Waals surface area (Å²) in [5.74, 6) is -0.144. The fourth-order valence-corrected chi connectivity index (χ4v) is 1.73. The normalized spacial score (nSPS) is 10.4. The SMILES string of the molecule is O=C(Nc1ccc2ncoc2c1)c1ccccc1. The Hall–Kier alpha value is -2.62. The topological polar surface area (TPSA) is 55.1 Å². The number of hydrogen-bond acceptors (Lipinski definition) is 3. The minimum absolute atomic E-state index is 0.144. The molecular formula is C14H10N2O2. The van der Waals surface area contributed by atoms with Gasteiger partial charge in [-0.1, -0.05) is 18.2 Å². The summed E-state index contributed by atoms with van der Waals surface area (Å²) in [7, 11) is 0. The molecule has 0 unspecified atom stereocenters. The van der Waals surface area contributed by atoms with E-state index >= 15 is 0 Å². The second-order valence-electron chi connectivity index (χ2n) is 3.86. The molecule has 1 N–H and O–H groups in total. The van der Waals surface area contributed by atoms with Crippen molar-refractivity contribution in [1.29, 1.82) is 0 Å². The van der Waals surface area contributed by atoms with Crippen LogP contribution in [0.2, 0.25) is 0 Å². The quantitative estimate of drug-likeness (QED) is 0.746. The largest absolute Gasteiger partial charge is 0.443 e. The van der Waals surface area contributed by atoms with Crippen molar-refractivity contribution >= 4 is 22.7 Å². The Kier molecular flexibility index (Phi) is 2.53. The Bertz CT molecular complexity index is 689. The van der Waals surface area contributed by atoms with Gasteiger partial charge in [0.25, 0.3) is 5.91 Å². The number of carbonyl (C=O) groups excluding carboxylic acids is 1. The molecule has 2 aromatic carbocycles. The molecule has 0 atom stereocenters. The molecule has 3 aromatic rings. The second kappa shape index (κ2) is 4.33. The minimum atomic E-state index is -0.144. The maximum atomic E-state index is 11.9. The van der Waals surface area contributed by atoms with Crippen LogP contribution >= 0.6 is 0 Å². The molecule has 0 aliphatic rings. The molecular weight excluding hydrogens is 228 g/mol. The van der Waals surface area contributed by atoms with Gasteiger partial charge in [0.15, 0.2) is 12.0 Å². The number of anilines is 1. The second-order valence-corrected chi connectivity index (χ2v) is 3.86. The monoisotopic (exact) mass is 238 g/mol. The van der Waals surface area contributed by atoms with Gasteiger partial charge in [-0.3, -0.25) is 4.79 Å². The highest BCUT2D eigenvalue weighted by atomic mass is 16.3. The van der Waals surface area contributed by atoms with Gasteiger partial charge in [0.05, 0.1) is 0 Å². The lowest BCUT2D eigenvalue weighted by Crippen LogP contribution is -2.11. The number of aromatic nitrogens is 1. The first kappa shape index (κ1) is 10.5. The van der Waals surface area contributed by atoms with Crippen molar-refractivity contribution in [3.63, 3.8) is 0 Å². The predicted molar refractivity (Wildman–Crippen MR) is 68.4 cm³/mol. The van der Waals surface area contributed by atoms with E-state index in [2.05, 4.69) is 10.3 Å². The van der Waals surface area contributed by atoms with Gasteiger partial charge in [-0.15, -0.1) is 0 Å². The molecule has 3 rings (SSSR count). The maximum absolute atomic E-state index is 11.9. The van der Waals surface area contributed by atoms with Gasteiger partial charge in [0.2, 0.25) is 0 Å². The van der Waals surface area contributed by atoms with E-state index in [1.165, 1.54) is 6.39 Å². The zero-order valence-corrected chi connectivity index (χ0v) is 9.46. The molecule has 4 heteroatoms. The van der Waals surface area contributed by atoms with Gasteiger partial charge in [0, 0.05) is 17.3 Å². The number of fused-ring (bicyclic) bond motifs is 1. The van der Waals surface area contributed by atoms with Crippen molar-refractivity contribution in [3.8, 4) is 0 Å². The number of benzene rings is 2. The van der Waals surface area contributed by atoms with E-state index in [0.717, 1.165) is 5.52 Å². The molecule has 1 aromatic heterocycles. The Balaban J connectivity index is 1.86. The smallest absolute Gasteiger partial charge is 0.255 e. The number of rotatable bonds is 2. The fraction of sp³-hybridized carbons (Fsp3) is 0. The van der Waals surface area contributed by atoms with Crippen molar-refractivity contribution in [2.45, 2.75) is 0 Å². The van der Waals surface area contributed by atoms with E-state index in [4.69, 9.17) is 4.42 Å². The van der Waals surface area contributed by atoms with Crippen LogP contribution in [-0.4, -0.2) is 10.9 Å². The lowest BCUT2D eigenvalue weighted by molar-refractivity contribution is 0.102. The highest BCUT2D eigenvalue weighted by molar-refractivity contribution is 6.04. The first-order chi connectivity index (χ1) is 8.83. The van der Waals surface area contributed by atoms with Gasteiger partial charge in [-0.2, -0.15) is 0 Å². The molecule has 1 amide bonds. The lowest BCUT2D eigenvalue weighted by atomic mass is 10.2. The maximum Gasteiger partial charge on any atom is 0.255 e. The van der Waals surface area contributed by atoms with Crippen molar-refractivity contribution < 1.29 is 9.21 Å². The van der Waals surface area contributed by atoms with Crippen LogP contribution in [0.25, 0.3) is 11.1 Å². The highest BCUT2D eigenvalue weighted by Gasteiger charge is 2.06. The molecule has 0 radical (unpaired) electrons. The summed E-state index contributed by atoms with van der Waals surface area (Å²) in [6.45, 7) is 0. The van der Waals surface area contributed by atoms with Crippen molar-refractivity contribution in [3.05, 3.63) is 60.5 Å². The summed E-state index contributed by atoms with van der Waals surface area (Å²) in [6, 6.07) is 14.4. The molecule has 0 aliphatic carbocycles. The number of nitrogens with zero attached hydrogens (tertiary/aromatic N) is 1. The summed E-state index contributed by atoms with van der Waals surface area (Å²) in [5, 5.41) is 2.81. The zero-order valence-electron chi connectivity index (χ0n) is 9.46. The molecule has 1 heterocycles. The van der Waals surface area contributed by atoms with E-state index in [1.807, 2.05) is 18.2 Å². The predicted octanol–water partition coefficient (Wildman–Crippen LogP) is 3.08. The third-order valence-corrected chi connectivity index (χ3v) is 2.63. The number of nitrogens with one attached hydrogen (secondary N) is 1. The third-order valence-electron chi connectivity index (χ3n) is 2.63. The Labute approximate surface area is 103 Å². The number of amides is 1. The van der Waals surface area contributed by atoms with Crippen LogP contribution in [0.5, 0.6) is 0 Å². The first-order valence-corrected chi connectivity index (χ1v) is 5.52. The summed E-state index contributed by atoms with van der Waals surface area (Å²) < 4.78 is 5.18. The van der Waals surface area contributed by atoms with Crippen LogP contribution < -0.4 is 5.32 Å². The molecule has 0 spiro atoms. The molecule has 0 fully saturated rings. The molecule has 18 heavy (non-hydrogen) atoms. The van der Waals surface area contributed by atoms with Crippen molar-refractivity contribution in [2.75, 3.05) is 5.32 Å². The van der Waals surface area contributed by atoms with Gasteiger partial charge in [-0.25, -0.2) is 4.98 Å². The van der Waals surface area contributed by atoms with Crippen molar-refractivity contribution in [1.82, 2.24) is 4.98 Å². The first-order valence-electron chi connectivity index (χ1n) is 5.52. The van der Waals surface area contributed by atoms with E-state index in [-0.39, 0.29) is 5.91 Å². The molecule has 88 valence electrons. The average Bonchev–Trinajstić information content (AvgIpc) is 2.87. The summed E-state index contributed by atoms with van der Waals surface area (Å²) in [4.78, 5) is 15.9. The summed E-state index contributed by atoms with van der Waals surface area (Å²) in [6.07, 6.45) is 1.38. The van der Waals surface area contributed by atoms with E-state index in [1.54, 1.807) is 30.3 Å². The van der Waals surface area contributed by atoms with Crippen LogP contribution in [0, 0.1) is 0 Å². The van der Waals surface area contributed by atoms with Gasteiger partial charge in [0.1, 0.15) is 5.52 Å². The van der Waals surface area contributed by atoms with Gasteiger partial charge >= 0.3 is 0 Å². The molecule has 4 nitrogen and oxygen atoms in total. The molecule has 0 aliphatic heterocycles. The Morgan fingerprint density at radius 3 is 2.78 bits per heavy atom. The highest BCUT2D eigenvalue weighted by Crippen LogP contribution is 2.18. The summed E-state index contributed by atoms with van der Waals surface area (Å²) >= 11 is 0. The lowest BCUT2D eigenvalue weighted by Gasteiger charge is -2.04. The van der Waals surface area contributed by atoms with Crippen LogP contribution in [0.15, 0.2) is 59.3 Å². The van der Waals surface area contributed by atoms with Crippen LogP contribution in [0.3, 0.4) is 0 Å². The number of carbonyl (C=O) groups is 1. The zero-order chi connectivity index (χ0) is 12.4. The van der Waals surface area contributed by atoms with Crippen LogP contribution in [-0.2, 0) is 0 Å². The van der Waals surface area contributed by atoms with Crippen LogP contribution in [0.4, 0.5) is 5.69 Å².